The molecule has 0 radical (unpaired) electrons. The van der Waals surface area contributed by atoms with Gasteiger partial charge in [-0.2, -0.15) is 8.42 Å². The standard InChI is InChI=1S/C45H79NO12S/c1-3-5-7-9-11-13-15-17-18-19-20-21-22-24-26-28-30-32-34-39(49)44(52)46-37(38(48)33-31-29-27-25-23-16-14-12-10-8-6-4-2)36-56-45-42(51)43(58-59(53,54)55)41(50)40(35-47)57-45/h10-13,15,17,23,25,31,33,37-43,45,47-51H,3-9,14,16,18-22,24,26-30,32,34-36H2,1-2H3,(H,46,52)(H,53,54,55)/b12-10+,13-11-,17-15-,25-23+,33-31+. The minimum atomic E-state index is -5.12. The Kier molecular flexibility index (Phi) is 32.8. The molecule has 1 fully saturated rings. The number of aliphatic hydroxyl groups is 5. The topological polar surface area (TPSA) is 212 Å². The number of carbonyl (C=O) groups is 1. The number of ether oxygens (including phenoxy) is 2. The SMILES string of the molecule is CCCC/C=C/CC/C=C/CC/C=C/C(O)C(COC1OC(CO)C(O)C(OS(=O)(=O)O)C1O)NC(=O)C(O)CCCCCCCCCCC/C=C\C=C/CCCCC. The van der Waals surface area contributed by atoms with E-state index < -0.39 is 78.5 Å². The maximum Gasteiger partial charge on any atom is 0.397 e. The van der Waals surface area contributed by atoms with E-state index in [1.165, 1.54) is 63.9 Å². The molecular weight excluding hydrogens is 779 g/mol. The van der Waals surface area contributed by atoms with Crippen LogP contribution in [0.3, 0.4) is 0 Å². The average Bonchev–Trinajstić information content (AvgIpc) is 3.20. The third-order valence-corrected chi connectivity index (χ3v) is 10.6. The van der Waals surface area contributed by atoms with Crippen LogP contribution in [0.25, 0.3) is 0 Å². The van der Waals surface area contributed by atoms with Gasteiger partial charge in [0.15, 0.2) is 6.29 Å². The molecule has 0 spiro atoms. The summed E-state index contributed by atoms with van der Waals surface area (Å²) in [7, 11) is -5.12. The van der Waals surface area contributed by atoms with E-state index >= 15 is 0 Å². The number of aliphatic hydroxyl groups excluding tert-OH is 5. The van der Waals surface area contributed by atoms with Crippen LogP contribution in [-0.2, 0) is 28.9 Å². The lowest BCUT2D eigenvalue weighted by Gasteiger charge is -2.41. The molecule has 1 aliphatic heterocycles. The molecule has 8 atom stereocenters. The van der Waals surface area contributed by atoms with E-state index in [-0.39, 0.29) is 6.42 Å². The van der Waals surface area contributed by atoms with Crippen molar-refractivity contribution < 1.29 is 57.0 Å². The van der Waals surface area contributed by atoms with E-state index in [1.54, 1.807) is 6.08 Å². The van der Waals surface area contributed by atoms with E-state index in [9.17, 15) is 38.7 Å². The van der Waals surface area contributed by atoms with Gasteiger partial charge in [0.1, 0.15) is 30.5 Å². The van der Waals surface area contributed by atoms with Gasteiger partial charge in [-0.1, -0.05) is 152 Å². The first-order valence-electron chi connectivity index (χ1n) is 22.3. The minimum Gasteiger partial charge on any atom is -0.394 e. The smallest absolute Gasteiger partial charge is 0.394 e. The zero-order valence-corrected chi connectivity index (χ0v) is 36.7. The van der Waals surface area contributed by atoms with E-state index in [1.807, 2.05) is 0 Å². The summed E-state index contributed by atoms with van der Waals surface area (Å²) in [5.74, 6) is -0.725. The normalized spacial score (nSPS) is 22.1. The van der Waals surface area contributed by atoms with Gasteiger partial charge in [0.05, 0.1) is 25.4 Å². The predicted molar refractivity (Wildman–Crippen MR) is 233 cm³/mol. The maximum atomic E-state index is 13.1. The van der Waals surface area contributed by atoms with Crippen LogP contribution in [0, 0.1) is 0 Å². The van der Waals surface area contributed by atoms with Crippen LogP contribution in [0.15, 0.2) is 60.8 Å². The van der Waals surface area contributed by atoms with E-state index in [2.05, 4.69) is 72.0 Å². The Labute approximate surface area is 355 Å². The summed E-state index contributed by atoms with van der Waals surface area (Å²) in [6.45, 7) is 3.09. The van der Waals surface area contributed by atoms with Crippen LogP contribution in [0.2, 0.25) is 0 Å². The van der Waals surface area contributed by atoms with E-state index in [4.69, 9.17) is 14.0 Å². The number of rotatable bonds is 36. The molecule has 8 unspecified atom stereocenters. The van der Waals surface area contributed by atoms with Crippen molar-refractivity contribution in [2.24, 2.45) is 0 Å². The van der Waals surface area contributed by atoms with Crippen molar-refractivity contribution in [3.63, 3.8) is 0 Å². The molecule has 13 nitrogen and oxygen atoms in total. The van der Waals surface area contributed by atoms with E-state index in [0.717, 1.165) is 64.2 Å². The van der Waals surface area contributed by atoms with Crippen LogP contribution in [-0.4, -0.2) is 107 Å². The quantitative estimate of drug-likeness (QED) is 0.0144. The molecule has 0 aromatic rings. The fourth-order valence-corrected chi connectivity index (χ4v) is 7.03. The summed E-state index contributed by atoms with van der Waals surface area (Å²) in [4.78, 5) is 13.1. The Balaban J connectivity index is 2.61. The molecule has 1 amide bonds. The van der Waals surface area contributed by atoms with Crippen LogP contribution in [0.1, 0.15) is 155 Å². The first-order chi connectivity index (χ1) is 28.4. The molecule has 1 saturated heterocycles. The van der Waals surface area contributed by atoms with Crippen molar-refractivity contribution in [3.8, 4) is 0 Å². The summed E-state index contributed by atoms with van der Waals surface area (Å²) >= 11 is 0. The molecule has 0 aliphatic carbocycles. The van der Waals surface area contributed by atoms with Gasteiger partial charge >= 0.3 is 10.4 Å². The molecule has 59 heavy (non-hydrogen) atoms. The Bertz CT molecular complexity index is 1300. The Morgan fingerprint density at radius 2 is 1.20 bits per heavy atom. The molecule has 0 aromatic carbocycles. The number of carbonyl (C=O) groups excluding carboxylic acids is 1. The molecule has 1 aliphatic rings. The third-order valence-electron chi connectivity index (χ3n) is 10.1. The van der Waals surface area contributed by atoms with Crippen molar-refractivity contribution in [1.29, 1.82) is 0 Å². The van der Waals surface area contributed by atoms with Gasteiger partial charge in [-0.25, -0.2) is 4.18 Å². The molecule has 342 valence electrons. The molecule has 14 heteroatoms. The number of allylic oxidation sites excluding steroid dienone is 9. The molecule has 0 aromatic heterocycles. The van der Waals surface area contributed by atoms with Gasteiger partial charge in [0.25, 0.3) is 0 Å². The molecule has 0 saturated carbocycles. The Hall–Kier alpha value is -2.24. The van der Waals surface area contributed by atoms with Gasteiger partial charge in [-0.3, -0.25) is 9.35 Å². The monoisotopic (exact) mass is 858 g/mol. The van der Waals surface area contributed by atoms with Crippen molar-refractivity contribution in [1.82, 2.24) is 5.32 Å². The Morgan fingerprint density at radius 3 is 1.76 bits per heavy atom. The molecular formula is C45H79NO12S. The third kappa shape index (κ3) is 28.1. The number of nitrogens with one attached hydrogen (secondary N) is 1. The largest absolute Gasteiger partial charge is 0.397 e. The van der Waals surface area contributed by atoms with Crippen LogP contribution < -0.4 is 5.32 Å². The van der Waals surface area contributed by atoms with Crippen molar-refractivity contribution in [3.05, 3.63) is 60.8 Å². The van der Waals surface area contributed by atoms with Crippen molar-refractivity contribution in [2.45, 2.75) is 204 Å². The second-order valence-electron chi connectivity index (χ2n) is 15.4. The summed E-state index contributed by atoms with van der Waals surface area (Å²) in [6, 6.07) is -1.15. The lowest BCUT2D eigenvalue weighted by atomic mass is 9.99. The second kappa shape index (κ2) is 35.4. The fraction of sp³-hybridized carbons (Fsp3) is 0.756. The molecule has 0 bridgehead atoms. The number of hydrogen-bond acceptors (Lipinski definition) is 11. The van der Waals surface area contributed by atoms with Gasteiger partial charge in [-0.05, 0) is 64.2 Å². The van der Waals surface area contributed by atoms with E-state index in [0.29, 0.717) is 12.8 Å². The molecule has 1 rings (SSSR count). The molecule has 1 heterocycles. The highest BCUT2D eigenvalue weighted by Crippen LogP contribution is 2.26. The molecule has 7 N–H and O–H groups in total. The van der Waals surface area contributed by atoms with Gasteiger partial charge in [0.2, 0.25) is 5.91 Å². The first kappa shape index (κ1) is 54.8. The fourth-order valence-electron chi connectivity index (χ4n) is 6.53. The number of unbranched alkanes of at least 4 members (excludes halogenated alkanes) is 16. The summed E-state index contributed by atoms with van der Waals surface area (Å²) in [5, 5.41) is 55.0. The highest BCUT2D eigenvalue weighted by atomic mass is 32.3. The predicted octanol–water partition coefficient (Wildman–Crippen LogP) is 7.24. The van der Waals surface area contributed by atoms with Crippen LogP contribution >= 0.6 is 0 Å². The maximum absolute atomic E-state index is 13.1. The zero-order chi connectivity index (χ0) is 43.6. The first-order valence-corrected chi connectivity index (χ1v) is 23.7. The highest BCUT2D eigenvalue weighted by Gasteiger charge is 2.48. The summed E-state index contributed by atoms with van der Waals surface area (Å²) in [5.41, 5.74) is 0. The van der Waals surface area contributed by atoms with Crippen molar-refractivity contribution in [2.75, 3.05) is 13.2 Å². The summed E-state index contributed by atoms with van der Waals surface area (Å²) in [6.07, 6.45) is 31.6. The lowest BCUT2D eigenvalue weighted by Crippen LogP contribution is -2.61. The van der Waals surface area contributed by atoms with Gasteiger partial charge in [-0.15, -0.1) is 0 Å². The van der Waals surface area contributed by atoms with Crippen LogP contribution in [0.5, 0.6) is 0 Å². The van der Waals surface area contributed by atoms with Gasteiger partial charge < -0.3 is 40.3 Å². The second-order valence-corrected chi connectivity index (χ2v) is 16.5. The minimum absolute atomic E-state index is 0.225. The Morgan fingerprint density at radius 1 is 0.695 bits per heavy atom. The summed E-state index contributed by atoms with van der Waals surface area (Å²) < 4.78 is 47.4. The van der Waals surface area contributed by atoms with Crippen LogP contribution in [0.4, 0.5) is 0 Å². The lowest BCUT2D eigenvalue weighted by molar-refractivity contribution is -0.298. The highest BCUT2D eigenvalue weighted by molar-refractivity contribution is 7.80. The number of hydrogen-bond donors (Lipinski definition) is 7. The van der Waals surface area contributed by atoms with Crippen molar-refractivity contribution >= 4 is 16.3 Å². The number of amides is 1. The zero-order valence-electron chi connectivity index (χ0n) is 35.9. The van der Waals surface area contributed by atoms with Gasteiger partial charge in [0, 0.05) is 0 Å². The average molecular weight is 858 g/mol.